The number of nitrogens with one attached hydrogen (secondary N) is 2. The quantitative estimate of drug-likeness (QED) is 0.877. The first-order chi connectivity index (χ1) is 10.1. The largest absolute Gasteiger partial charge is 0.352 e. The molecule has 1 amide bonds. The third kappa shape index (κ3) is 3.29. The number of rotatable bonds is 2. The van der Waals surface area contributed by atoms with Crippen molar-refractivity contribution < 1.29 is 4.79 Å². The van der Waals surface area contributed by atoms with Gasteiger partial charge in [-0.05, 0) is 48.6 Å². The molecular weight excluding hydrogens is 260 g/mol. The highest BCUT2D eigenvalue weighted by Gasteiger charge is 2.30. The maximum Gasteiger partial charge on any atom is 0.237 e. The molecule has 0 spiro atoms. The first-order valence-corrected chi connectivity index (χ1v) is 8.24. The van der Waals surface area contributed by atoms with Crippen molar-refractivity contribution in [2.75, 3.05) is 0 Å². The second-order valence-corrected chi connectivity index (χ2v) is 6.92. The highest BCUT2D eigenvalue weighted by Crippen LogP contribution is 2.28. The Morgan fingerprint density at radius 1 is 1.19 bits per heavy atom. The predicted molar refractivity (Wildman–Crippen MR) is 84.9 cm³/mol. The third-order valence-corrected chi connectivity index (χ3v) is 5.16. The zero-order valence-electron chi connectivity index (χ0n) is 13.1. The van der Waals surface area contributed by atoms with Gasteiger partial charge in [0.25, 0.3) is 0 Å². The lowest BCUT2D eigenvalue weighted by Gasteiger charge is -2.35. The van der Waals surface area contributed by atoms with Gasteiger partial charge >= 0.3 is 0 Å². The maximum absolute atomic E-state index is 12.5. The van der Waals surface area contributed by atoms with E-state index in [0.717, 1.165) is 25.3 Å². The maximum atomic E-state index is 12.5. The van der Waals surface area contributed by atoms with Crippen LogP contribution < -0.4 is 10.6 Å². The lowest BCUT2D eigenvalue weighted by Crippen LogP contribution is -2.52. The second-order valence-electron chi connectivity index (χ2n) is 6.92. The number of benzene rings is 1. The number of amides is 1. The fraction of sp³-hybridized carbons (Fsp3) is 0.611. The van der Waals surface area contributed by atoms with E-state index in [9.17, 15) is 4.79 Å². The van der Waals surface area contributed by atoms with Crippen molar-refractivity contribution >= 4 is 5.91 Å². The molecule has 4 atom stereocenters. The van der Waals surface area contributed by atoms with Crippen molar-refractivity contribution in [3.05, 3.63) is 35.4 Å². The monoisotopic (exact) mass is 286 g/mol. The Morgan fingerprint density at radius 3 is 2.71 bits per heavy atom. The summed E-state index contributed by atoms with van der Waals surface area (Å²) in [5, 5.41) is 6.66. The van der Waals surface area contributed by atoms with E-state index in [0.29, 0.717) is 12.0 Å². The van der Waals surface area contributed by atoms with E-state index < -0.39 is 0 Å². The summed E-state index contributed by atoms with van der Waals surface area (Å²) in [6.45, 7) is 5.38. The molecule has 1 aliphatic carbocycles. The van der Waals surface area contributed by atoms with Gasteiger partial charge in [0.2, 0.25) is 5.91 Å². The second kappa shape index (κ2) is 6.18. The fourth-order valence-corrected chi connectivity index (χ4v) is 3.80. The lowest BCUT2D eigenvalue weighted by molar-refractivity contribution is -0.124. The molecule has 0 bridgehead atoms. The van der Waals surface area contributed by atoms with Crippen molar-refractivity contribution in [2.24, 2.45) is 11.8 Å². The molecule has 3 heteroatoms. The summed E-state index contributed by atoms with van der Waals surface area (Å²) >= 11 is 0. The van der Waals surface area contributed by atoms with Crippen LogP contribution in [0.25, 0.3) is 0 Å². The highest BCUT2D eigenvalue weighted by atomic mass is 16.2. The summed E-state index contributed by atoms with van der Waals surface area (Å²) in [5.41, 5.74) is 2.63. The minimum Gasteiger partial charge on any atom is -0.352 e. The molecule has 3 unspecified atom stereocenters. The van der Waals surface area contributed by atoms with Crippen molar-refractivity contribution in [2.45, 2.75) is 58.2 Å². The van der Waals surface area contributed by atoms with Gasteiger partial charge in [0.05, 0.1) is 6.04 Å². The van der Waals surface area contributed by atoms with E-state index in [-0.39, 0.29) is 11.9 Å². The Morgan fingerprint density at radius 2 is 1.95 bits per heavy atom. The van der Waals surface area contributed by atoms with E-state index in [1.165, 1.54) is 24.0 Å². The first-order valence-electron chi connectivity index (χ1n) is 8.24. The van der Waals surface area contributed by atoms with Crippen LogP contribution in [0.2, 0.25) is 0 Å². The van der Waals surface area contributed by atoms with Crippen LogP contribution in [0.5, 0.6) is 0 Å². The molecule has 3 rings (SSSR count). The zero-order chi connectivity index (χ0) is 14.8. The van der Waals surface area contributed by atoms with Crippen LogP contribution in [0.3, 0.4) is 0 Å². The van der Waals surface area contributed by atoms with Crippen LogP contribution >= 0.6 is 0 Å². The van der Waals surface area contributed by atoms with E-state index in [2.05, 4.69) is 48.7 Å². The van der Waals surface area contributed by atoms with Crippen molar-refractivity contribution in [1.82, 2.24) is 10.6 Å². The molecule has 0 radical (unpaired) electrons. The van der Waals surface area contributed by atoms with Crippen LogP contribution in [-0.2, 0) is 17.8 Å². The molecule has 1 aromatic carbocycles. The number of fused-ring (bicyclic) bond motifs is 1. The molecule has 1 aliphatic heterocycles. The number of carbonyl (C=O) groups excluding carboxylic acids is 1. The van der Waals surface area contributed by atoms with Gasteiger partial charge in [-0.2, -0.15) is 0 Å². The molecule has 2 aliphatic rings. The van der Waals surface area contributed by atoms with Crippen LogP contribution in [0.4, 0.5) is 0 Å². The number of hydrogen-bond donors (Lipinski definition) is 2. The van der Waals surface area contributed by atoms with Crippen molar-refractivity contribution in [3.8, 4) is 0 Å². The fourth-order valence-electron chi connectivity index (χ4n) is 3.80. The van der Waals surface area contributed by atoms with Crippen molar-refractivity contribution in [3.63, 3.8) is 0 Å². The molecule has 1 saturated carbocycles. The van der Waals surface area contributed by atoms with Crippen LogP contribution in [0.15, 0.2) is 24.3 Å². The van der Waals surface area contributed by atoms with Gasteiger partial charge in [0, 0.05) is 12.6 Å². The minimum atomic E-state index is -0.0774. The summed E-state index contributed by atoms with van der Waals surface area (Å²) in [7, 11) is 0. The van der Waals surface area contributed by atoms with Gasteiger partial charge in [0.1, 0.15) is 0 Å². The molecule has 114 valence electrons. The molecule has 21 heavy (non-hydrogen) atoms. The van der Waals surface area contributed by atoms with E-state index >= 15 is 0 Å². The Bertz CT molecular complexity index is 514. The normalized spacial score (nSPS) is 32.3. The summed E-state index contributed by atoms with van der Waals surface area (Å²) < 4.78 is 0. The summed E-state index contributed by atoms with van der Waals surface area (Å²) in [6, 6.07) is 8.68. The predicted octanol–water partition coefficient (Wildman–Crippen LogP) is 2.64. The highest BCUT2D eigenvalue weighted by molar-refractivity contribution is 5.82. The standard InChI is InChI=1S/C18H26N2O/c1-12-7-8-16(13(2)9-12)20-18(21)17-10-14-5-3-4-6-15(14)11-19-17/h3-6,12-13,16-17,19H,7-11H2,1-2H3,(H,20,21)/t12?,13?,16?,17-/m0/s1. The smallest absolute Gasteiger partial charge is 0.237 e. The van der Waals surface area contributed by atoms with Gasteiger partial charge < -0.3 is 10.6 Å². The SMILES string of the molecule is CC1CCC(NC(=O)[C@@H]2Cc3ccccc3CN2)C(C)C1. The Hall–Kier alpha value is -1.35. The third-order valence-electron chi connectivity index (χ3n) is 5.16. The number of hydrogen-bond acceptors (Lipinski definition) is 2. The van der Waals surface area contributed by atoms with Crippen LogP contribution in [-0.4, -0.2) is 18.0 Å². The average molecular weight is 286 g/mol. The van der Waals surface area contributed by atoms with E-state index in [1.54, 1.807) is 0 Å². The van der Waals surface area contributed by atoms with Crippen molar-refractivity contribution in [1.29, 1.82) is 0 Å². The average Bonchev–Trinajstić information content (AvgIpc) is 2.49. The summed E-state index contributed by atoms with van der Waals surface area (Å²) in [4.78, 5) is 12.5. The van der Waals surface area contributed by atoms with Gasteiger partial charge in [-0.3, -0.25) is 4.79 Å². The molecule has 2 N–H and O–H groups in total. The van der Waals surface area contributed by atoms with Gasteiger partial charge in [-0.25, -0.2) is 0 Å². The Balaban J connectivity index is 1.59. The van der Waals surface area contributed by atoms with E-state index in [4.69, 9.17) is 0 Å². The first kappa shape index (κ1) is 14.6. The number of carbonyl (C=O) groups is 1. The summed E-state index contributed by atoms with van der Waals surface area (Å²) in [6.07, 6.45) is 4.39. The van der Waals surface area contributed by atoms with Gasteiger partial charge in [0.15, 0.2) is 0 Å². The molecule has 0 saturated heterocycles. The Kier molecular flexibility index (Phi) is 4.29. The molecule has 3 nitrogen and oxygen atoms in total. The van der Waals surface area contributed by atoms with Crippen LogP contribution in [0.1, 0.15) is 44.2 Å². The Labute approximate surface area is 127 Å². The molecule has 1 fully saturated rings. The molecule has 1 heterocycles. The van der Waals surface area contributed by atoms with E-state index in [1.807, 2.05) is 0 Å². The topological polar surface area (TPSA) is 41.1 Å². The molecule has 0 aromatic heterocycles. The zero-order valence-corrected chi connectivity index (χ0v) is 13.1. The molecule has 1 aromatic rings. The van der Waals surface area contributed by atoms with Gasteiger partial charge in [-0.1, -0.05) is 38.1 Å². The van der Waals surface area contributed by atoms with Crippen LogP contribution in [0, 0.1) is 11.8 Å². The minimum absolute atomic E-state index is 0.0774. The molecular formula is C18H26N2O. The summed E-state index contributed by atoms with van der Waals surface area (Å²) in [5.74, 6) is 1.57. The lowest BCUT2D eigenvalue weighted by atomic mass is 9.79. The van der Waals surface area contributed by atoms with Gasteiger partial charge in [-0.15, -0.1) is 0 Å².